The second kappa shape index (κ2) is 24.5. The summed E-state index contributed by atoms with van der Waals surface area (Å²) in [6.45, 7) is -1.93. The second-order valence-electron chi connectivity index (χ2n) is 11.5. The Balaban J connectivity index is 0.00000992. The molecular formula is C28H29N5Na4O21S6. The van der Waals surface area contributed by atoms with Crippen molar-refractivity contribution in [3.05, 3.63) is 48.5 Å². The third-order valence-electron chi connectivity index (χ3n) is 7.56. The molecule has 0 spiro atoms. The number of benzene rings is 4. The summed E-state index contributed by atoms with van der Waals surface area (Å²) >= 11 is 0. The third-order valence-corrected chi connectivity index (χ3v) is 13.6. The van der Waals surface area contributed by atoms with Crippen LogP contribution in [0.4, 0.5) is 28.4 Å². The van der Waals surface area contributed by atoms with Gasteiger partial charge in [-0.15, -0.1) is 15.3 Å². The van der Waals surface area contributed by atoms with Crippen LogP contribution in [0.2, 0.25) is 0 Å². The minimum Gasteiger partial charge on any atom is -0.505 e. The van der Waals surface area contributed by atoms with Crippen LogP contribution in [0, 0.1) is 0 Å². The van der Waals surface area contributed by atoms with Gasteiger partial charge in [-0.05, 0) is 41.8 Å². The molecule has 64 heavy (non-hydrogen) atoms. The Kier molecular flexibility index (Phi) is 24.1. The van der Waals surface area contributed by atoms with Gasteiger partial charge in [-0.3, -0.25) is 18.2 Å². The van der Waals surface area contributed by atoms with Gasteiger partial charge >= 0.3 is 20.8 Å². The van der Waals surface area contributed by atoms with E-state index in [4.69, 9.17) is 24.3 Å². The van der Waals surface area contributed by atoms with Gasteiger partial charge in [0.05, 0.1) is 60.6 Å². The van der Waals surface area contributed by atoms with Gasteiger partial charge in [0, 0.05) is 130 Å². The Morgan fingerprint density at radius 1 is 0.562 bits per heavy atom. The number of hydrogen-bond acceptors (Lipinski definition) is 22. The van der Waals surface area contributed by atoms with Gasteiger partial charge in [0.2, 0.25) is 0 Å². The maximum Gasteiger partial charge on any atom is 0.397 e. The zero-order valence-electron chi connectivity index (χ0n) is 34.0. The van der Waals surface area contributed by atoms with Gasteiger partial charge in [-0.2, -0.15) is 38.8 Å². The molecule has 4 aromatic rings. The first-order chi connectivity index (χ1) is 27.5. The second-order valence-corrected chi connectivity index (χ2v) is 20.6. The Morgan fingerprint density at radius 3 is 1.47 bits per heavy atom. The molecule has 0 amide bonds. The molecule has 0 bridgehead atoms. The summed E-state index contributed by atoms with van der Waals surface area (Å²) in [5.74, 6) is -3.89. The Labute approximate surface area is 454 Å². The Bertz CT molecular complexity index is 3120. The van der Waals surface area contributed by atoms with E-state index in [9.17, 15) is 64.7 Å². The van der Waals surface area contributed by atoms with E-state index < -0.39 is 145 Å². The SMILES string of the molecule is COc1cc(S(=O)(=O)CCOS(=O)(=O)O)c(OC)cc1N=Nc1c(S(=O)(=O)O)cc2cc(S(=O)(=O)O)c(N=Nc3ccc(S(=O)(=O)CCOS(=O)(=O)O)cc3)c(N)c2c1O.[Na].[Na].[Na].[Na]. The van der Waals surface area contributed by atoms with E-state index in [1.165, 1.54) is 0 Å². The number of sulfone groups is 2. The molecule has 26 nitrogen and oxygen atoms in total. The monoisotopic (exact) mass is 1050 g/mol. The first-order valence-electron chi connectivity index (χ1n) is 15.4. The molecule has 0 fully saturated rings. The zero-order chi connectivity index (χ0) is 45.2. The van der Waals surface area contributed by atoms with Crippen molar-refractivity contribution >= 4 is 218 Å². The summed E-state index contributed by atoms with van der Waals surface area (Å²) in [7, 11) is -27.1. The van der Waals surface area contributed by atoms with Crippen LogP contribution in [0.25, 0.3) is 10.8 Å². The average Bonchev–Trinajstić information content (AvgIpc) is 3.11. The number of azo groups is 2. The maximum absolute atomic E-state index is 13.0. The molecule has 0 atom stereocenters. The molecule has 0 aromatic heterocycles. The van der Waals surface area contributed by atoms with E-state index in [1.54, 1.807) is 0 Å². The summed E-state index contributed by atoms with van der Waals surface area (Å²) in [6, 6.07) is 7.05. The van der Waals surface area contributed by atoms with Crippen LogP contribution in [-0.4, -0.2) is 231 Å². The topological polar surface area (TPSA) is 418 Å². The summed E-state index contributed by atoms with van der Waals surface area (Å²) in [6.07, 6.45) is 0. The number of anilines is 1. The summed E-state index contributed by atoms with van der Waals surface area (Å²) in [5.41, 5.74) is 2.94. The fraction of sp³-hybridized carbons (Fsp3) is 0.214. The summed E-state index contributed by atoms with van der Waals surface area (Å²) < 4.78 is 200. The minimum absolute atomic E-state index is 0. The first kappa shape index (κ1) is 63.0. The first-order valence-corrected chi connectivity index (χ1v) is 24.4. The van der Waals surface area contributed by atoms with Crippen LogP contribution in [0.3, 0.4) is 0 Å². The number of phenols is 1. The van der Waals surface area contributed by atoms with Crippen LogP contribution in [0.15, 0.2) is 88.6 Å². The van der Waals surface area contributed by atoms with Crippen LogP contribution in [0.1, 0.15) is 0 Å². The maximum atomic E-state index is 13.0. The van der Waals surface area contributed by atoms with Crippen molar-refractivity contribution in [3.63, 3.8) is 0 Å². The quantitative estimate of drug-likeness (QED) is 0.0352. The number of hydrogen-bond donors (Lipinski definition) is 6. The van der Waals surface area contributed by atoms with E-state index >= 15 is 0 Å². The number of ether oxygens (including phenoxy) is 2. The predicted molar refractivity (Wildman–Crippen MR) is 226 cm³/mol. The normalized spacial score (nSPS) is 12.5. The zero-order valence-corrected chi connectivity index (χ0v) is 46.9. The number of methoxy groups -OCH3 is 2. The third kappa shape index (κ3) is 16.6. The van der Waals surface area contributed by atoms with Gasteiger partial charge in [0.1, 0.15) is 43.2 Å². The van der Waals surface area contributed by atoms with Crippen LogP contribution in [-0.2, 0) is 69.1 Å². The largest absolute Gasteiger partial charge is 0.505 e. The minimum atomic E-state index is -5.37. The van der Waals surface area contributed by atoms with Crippen LogP contribution >= 0.6 is 0 Å². The molecular weight excluding hydrogens is 1030 g/mol. The molecule has 36 heteroatoms. The standard InChI is InChI=1S/C28H29N5O21S6.4Na/c1-51-19-14-21(56(37,38)10-8-54-60(48,49)50)20(52-2)13-18(19)31-33-27-23(58(42,43)44)12-15-11-22(57(39,40)41)26(25(29)24(15)28(27)34)32-30-16-3-5-17(6-4-16)55(35,36)9-7-53-59(45,46)47;;;;/h3-6,11-14,34H,7-10,29H2,1-2H3,(H,39,40,41)(H,42,43,44)(H,45,46,47)(H,48,49,50);;;;. The fourth-order valence-electron chi connectivity index (χ4n) is 4.94. The molecule has 0 unspecified atom stereocenters. The van der Waals surface area contributed by atoms with E-state index in [0.717, 1.165) is 50.6 Å². The number of rotatable bonds is 18. The van der Waals surface area contributed by atoms with Crippen molar-refractivity contribution < 1.29 is 91.7 Å². The number of phenolic OH excluding ortho intramolecular Hbond substituents is 1. The van der Waals surface area contributed by atoms with Crippen molar-refractivity contribution in [2.45, 2.75) is 19.6 Å². The van der Waals surface area contributed by atoms with Crippen LogP contribution in [0.5, 0.6) is 17.2 Å². The van der Waals surface area contributed by atoms with E-state index in [0.29, 0.717) is 12.1 Å². The molecule has 4 aromatic carbocycles. The van der Waals surface area contributed by atoms with E-state index in [-0.39, 0.29) is 135 Å². The smallest absolute Gasteiger partial charge is 0.397 e. The van der Waals surface area contributed by atoms with Crippen molar-refractivity contribution in [1.29, 1.82) is 0 Å². The Hall–Kier alpha value is -1.00. The summed E-state index contributed by atoms with van der Waals surface area (Å²) in [4.78, 5) is -3.26. The molecule has 0 aliphatic heterocycles. The molecule has 4 rings (SSSR count). The Morgan fingerprint density at radius 2 is 1.02 bits per heavy atom. The van der Waals surface area contributed by atoms with Crippen LogP contribution < -0.4 is 15.2 Å². The van der Waals surface area contributed by atoms with Gasteiger partial charge in [-0.25, -0.2) is 25.2 Å². The molecule has 332 valence electrons. The summed E-state index contributed by atoms with van der Waals surface area (Å²) in [5, 5.41) is 25.2. The van der Waals surface area contributed by atoms with Gasteiger partial charge in [0.15, 0.2) is 25.4 Å². The average molecular weight is 1060 g/mol. The van der Waals surface area contributed by atoms with E-state index in [1.807, 2.05) is 0 Å². The van der Waals surface area contributed by atoms with E-state index in [2.05, 4.69) is 28.8 Å². The van der Waals surface area contributed by atoms with Gasteiger partial charge < -0.3 is 20.3 Å². The number of fused-ring (bicyclic) bond motifs is 1. The predicted octanol–water partition coefficient (Wildman–Crippen LogP) is 1.13. The van der Waals surface area contributed by atoms with Crippen molar-refractivity contribution in [1.82, 2.24) is 0 Å². The molecule has 0 aliphatic carbocycles. The number of nitrogens with two attached hydrogens (primary N) is 1. The number of nitrogen functional groups attached to an aromatic ring is 1. The van der Waals surface area contributed by atoms with Crippen molar-refractivity contribution in [2.75, 3.05) is 44.7 Å². The van der Waals surface area contributed by atoms with Crippen molar-refractivity contribution in [2.24, 2.45) is 20.5 Å². The molecule has 7 N–H and O–H groups in total. The molecule has 0 heterocycles. The van der Waals surface area contributed by atoms with Gasteiger partial charge in [0.25, 0.3) is 20.2 Å². The number of nitrogens with zero attached hydrogens (tertiary/aromatic N) is 4. The molecule has 4 radical (unpaired) electrons. The molecule has 0 saturated carbocycles. The fourth-order valence-corrected chi connectivity index (χ4v) is 9.41. The molecule has 0 saturated heterocycles. The van der Waals surface area contributed by atoms with Gasteiger partial charge in [-0.1, -0.05) is 0 Å². The number of aromatic hydroxyl groups is 1. The van der Waals surface area contributed by atoms with Crippen molar-refractivity contribution in [3.8, 4) is 17.2 Å². The molecule has 0 aliphatic rings.